The van der Waals surface area contributed by atoms with Crippen molar-refractivity contribution in [1.29, 1.82) is 0 Å². The molecule has 0 aromatic heterocycles. The highest BCUT2D eigenvalue weighted by molar-refractivity contribution is 5.03. The lowest BCUT2D eigenvalue weighted by atomic mass is 9.93. The number of aliphatic hydroxyl groups excluding tert-OH is 1. The van der Waals surface area contributed by atoms with Crippen LogP contribution in [0.15, 0.2) is 0 Å². The highest BCUT2D eigenvalue weighted by Crippen LogP contribution is 2.40. The number of rotatable bonds is 7. The molecule has 3 heteroatoms. The van der Waals surface area contributed by atoms with Crippen LogP contribution in [0, 0.1) is 11.8 Å². The lowest BCUT2D eigenvalue weighted by Crippen LogP contribution is -2.57. The quantitative estimate of drug-likeness (QED) is 0.707. The Labute approximate surface area is 106 Å². The Kier molecular flexibility index (Phi) is 4.45. The van der Waals surface area contributed by atoms with Crippen LogP contribution >= 0.6 is 0 Å². The van der Waals surface area contributed by atoms with Gasteiger partial charge in [-0.2, -0.15) is 0 Å². The van der Waals surface area contributed by atoms with Crippen molar-refractivity contribution in [2.24, 2.45) is 11.8 Å². The van der Waals surface area contributed by atoms with Crippen molar-refractivity contribution in [2.45, 2.75) is 45.1 Å². The molecule has 2 N–H and O–H groups in total. The predicted molar refractivity (Wildman–Crippen MR) is 71.1 cm³/mol. The summed E-state index contributed by atoms with van der Waals surface area (Å²) in [6, 6.07) is 0. The standard InChI is InChI=1S/C14H28N2O/c1-3-12-7-8-16(9-12)10-14(11-17,15-4-2)13-5-6-13/h12-13,15,17H,3-11H2,1-2H3. The number of likely N-dealkylation sites (N-methyl/N-ethyl adjacent to an activating group) is 1. The van der Waals surface area contributed by atoms with Gasteiger partial charge in [-0.25, -0.2) is 0 Å². The average Bonchev–Trinajstić information content (AvgIpc) is 3.10. The fourth-order valence-corrected chi connectivity index (χ4v) is 3.34. The van der Waals surface area contributed by atoms with Crippen LogP contribution in [0.25, 0.3) is 0 Å². The SMILES string of the molecule is CCNC(CO)(CN1CCC(CC)C1)C1CC1. The van der Waals surface area contributed by atoms with Crippen molar-refractivity contribution in [1.82, 2.24) is 10.2 Å². The van der Waals surface area contributed by atoms with Gasteiger partial charge in [0.1, 0.15) is 0 Å². The molecule has 2 fully saturated rings. The molecule has 1 aliphatic carbocycles. The zero-order valence-corrected chi connectivity index (χ0v) is 11.4. The summed E-state index contributed by atoms with van der Waals surface area (Å²) in [5, 5.41) is 13.4. The smallest absolute Gasteiger partial charge is 0.0628 e. The van der Waals surface area contributed by atoms with Gasteiger partial charge in [-0.05, 0) is 44.2 Å². The number of nitrogens with one attached hydrogen (secondary N) is 1. The molecule has 2 aliphatic rings. The summed E-state index contributed by atoms with van der Waals surface area (Å²) in [7, 11) is 0. The molecule has 1 aliphatic heterocycles. The summed E-state index contributed by atoms with van der Waals surface area (Å²) < 4.78 is 0. The fraction of sp³-hybridized carbons (Fsp3) is 1.00. The molecule has 0 amide bonds. The third-order valence-corrected chi connectivity index (χ3v) is 4.62. The van der Waals surface area contributed by atoms with Crippen molar-refractivity contribution < 1.29 is 5.11 Å². The van der Waals surface area contributed by atoms with E-state index in [1.165, 1.54) is 38.8 Å². The third kappa shape index (κ3) is 3.01. The third-order valence-electron chi connectivity index (χ3n) is 4.62. The first-order chi connectivity index (χ1) is 8.24. The van der Waals surface area contributed by atoms with Crippen molar-refractivity contribution in [3.8, 4) is 0 Å². The second kappa shape index (κ2) is 5.68. The molecule has 0 bridgehead atoms. The van der Waals surface area contributed by atoms with Crippen molar-refractivity contribution in [3.63, 3.8) is 0 Å². The van der Waals surface area contributed by atoms with Crippen LogP contribution in [0.2, 0.25) is 0 Å². The molecular formula is C14H28N2O. The summed E-state index contributed by atoms with van der Waals surface area (Å²) in [5.74, 6) is 1.58. The van der Waals surface area contributed by atoms with E-state index in [-0.39, 0.29) is 5.54 Å². The van der Waals surface area contributed by atoms with Gasteiger partial charge in [0.05, 0.1) is 12.1 Å². The van der Waals surface area contributed by atoms with Gasteiger partial charge in [0.2, 0.25) is 0 Å². The second-order valence-corrected chi connectivity index (χ2v) is 5.92. The van der Waals surface area contributed by atoms with E-state index in [1.54, 1.807) is 0 Å². The number of nitrogens with zero attached hydrogens (tertiary/aromatic N) is 1. The highest BCUT2D eigenvalue weighted by atomic mass is 16.3. The summed E-state index contributed by atoms with van der Waals surface area (Å²) in [5.41, 5.74) is -0.0165. The number of hydrogen-bond acceptors (Lipinski definition) is 3. The van der Waals surface area contributed by atoms with Crippen molar-refractivity contribution in [2.75, 3.05) is 32.8 Å². The molecule has 0 aromatic carbocycles. The van der Waals surface area contributed by atoms with E-state index in [2.05, 4.69) is 24.1 Å². The Morgan fingerprint density at radius 2 is 2.06 bits per heavy atom. The second-order valence-electron chi connectivity index (χ2n) is 5.92. The average molecular weight is 240 g/mol. The Morgan fingerprint density at radius 1 is 1.29 bits per heavy atom. The molecule has 2 atom stereocenters. The summed E-state index contributed by atoms with van der Waals surface area (Å²) in [4.78, 5) is 2.56. The van der Waals surface area contributed by atoms with E-state index in [9.17, 15) is 5.11 Å². The molecule has 1 heterocycles. The van der Waals surface area contributed by atoms with E-state index in [0.29, 0.717) is 12.5 Å². The first-order valence-electron chi connectivity index (χ1n) is 7.32. The van der Waals surface area contributed by atoms with Gasteiger partial charge in [0.25, 0.3) is 0 Å². The van der Waals surface area contributed by atoms with E-state index in [1.807, 2.05) is 0 Å². The Bertz CT molecular complexity index is 242. The highest BCUT2D eigenvalue weighted by Gasteiger charge is 2.45. The monoisotopic (exact) mass is 240 g/mol. The maximum atomic E-state index is 9.81. The van der Waals surface area contributed by atoms with Crippen LogP contribution in [0.1, 0.15) is 39.5 Å². The van der Waals surface area contributed by atoms with Crippen LogP contribution in [-0.4, -0.2) is 48.3 Å². The molecule has 0 aromatic rings. The number of aliphatic hydroxyl groups is 1. The first kappa shape index (κ1) is 13.3. The molecule has 17 heavy (non-hydrogen) atoms. The minimum Gasteiger partial charge on any atom is -0.394 e. The van der Waals surface area contributed by atoms with Crippen LogP contribution in [0.5, 0.6) is 0 Å². The molecule has 2 unspecified atom stereocenters. The van der Waals surface area contributed by atoms with Gasteiger partial charge in [-0.1, -0.05) is 20.3 Å². The molecule has 1 saturated carbocycles. The van der Waals surface area contributed by atoms with Gasteiger partial charge in [0, 0.05) is 13.1 Å². The van der Waals surface area contributed by atoms with Gasteiger partial charge < -0.3 is 15.3 Å². The van der Waals surface area contributed by atoms with E-state index >= 15 is 0 Å². The predicted octanol–water partition coefficient (Wildman–Crippen LogP) is 1.47. The van der Waals surface area contributed by atoms with E-state index in [0.717, 1.165) is 19.0 Å². The van der Waals surface area contributed by atoms with Crippen LogP contribution < -0.4 is 5.32 Å². The topological polar surface area (TPSA) is 35.5 Å². The summed E-state index contributed by atoms with van der Waals surface area (Å²) in [6.07, 6.45) is 5.22. The van der Waals surface area contributed by atoms with Crippen LogP contribution in [-0.2, 0) is 0 Å². The Morgan fingerprint density at radius 3 is 2.53 bits per heavy atom. The molecule has 1 saturated heterocycles. The molecular weight excluding hydrogens is 212 g/mol. The molecule has 0 spiro atoms. The first-order valence-corrected chi connectivity index (χ1v) is 7.32. The molecule has 100 valence electrons. The summed E-state index contributed by atoms with van der Waals surface area (Å²) >= 11 is 0. The van der Waals surface area contributed by atoms with Crippen LogP contribution in [0.3, 0.4) is 0 Å². The zero-order chi connectivity index (χ0) is 12.3. The van der Waals surface area contributed by atoms with E-state index in [4.69, 9.17) is 0 Å². The number of likely N-dealkylation sites (tertiary alicyclic amines) is 1. The minimum atomic E-state index is -0.0165. The maximum absolute atomic E-state index is 9.81. The van der Waals surface area contributed by atoms with Gasteiger partial charge in [0.15, 0.2) is 0 Å². The van der Waals surface area contributed by atoms with Gasteiger partial charge in [-0.15, -0.1) is 0 Å². The molecule has 0 radical (unpaired) electrons. The minimum absolute atomic E-state index is 0.0165. The maximum Gasteiger partial charge on any atom is 0.0628 e. The fourth-order valence-electron chi connectivity index (χ4n) is 3.34. The zero-order valence-electron chi connectivity index (χ0n) is 11.4. The Balaban J connectivity index is 1.93. The molecule has 2 rings (SSSR count). The van der Waals surface area contributed by atoms with Crippen LogP contribution in [0.4, 0.5) is 0 Å². The van der Waals surface area contributed by atoms with E-state index < -0.39 is 0 Å². The molecule has 3 nitrogen and oxygen atoms in total. The van der Waals surface area contributed by atoms with Gasteiger partial charge in [-0.3, -0.25) is 0 Å². The van der Waals surface area contributed by atoms with Gasteiger partial charge >= 0.3 is 0 Å². The summed E-state index contributed by atoms with van der Waals surface area (Å²) in [6.45, 7) is 9.18. The Hall–Kier alpha value is -0.120. The lowest BCUT2D eigenvalue weighted by molar-refractivity contribution is 0.100. The normalized spacial score (nSPS) is 29.5. The lowest BCUT2D eigenvalue weighted by Gasteiger charge is -2.37. The van der Waals surface area contributed by atoms with Crippen molar-refractivity contribution >= 4 is 0 Å². The number of hydrogen-bond donors (Lipinski definition) is 2. The largest absolute Gasteiger partial charge is 0.394 e. The van der Waals surface area contributed by atoms with Crippen molar-refractivity contribution in [3.05, 3.63) is 0 Å².